The summed E-state index contributed by atoms with van der Waals surface area (Å²) in [4.78, 5) is 0. The molecule has 0 radical (unpaired) electrons. The summed E-state index contributed by atoms with van der Waals surface area (Å²) in [5.74, 6) is -0.897. The Bertz CT molecular complexity index is 389. The van der Waals surface area contributed by atoms with Crippen LogP contribution in [-0.2, 0) is 0 Å². The largest absolute Gasteiger partial charge is 0.324 e. The number of nitrogens with two attached hydrogens (primary N) is 1. The maximum atomic E-state index is 13.6. The second kappa shape index (κ2) is 4.68. The van der Waals surface area contributed by atoms with Gasteiger partial charge in [-0.05, 0) is 30.9 Å². The Morgan fingerprint density at radius 1 is 1.19 bits per heavy atom. The number of rotatable bonds is 2. The molecule has 16 heavy (non-hydrogen) atoms. The van der Waals surface area contributed by atoms with Crippen LogP contribution in [0.5, 0.6) is 0 Å². The highest BCUT2D eigenvalue weighted by Crippen LogP contribution is 2.38. The Morgan fingerprint density at radius 3 is 2.38 bits per heavy atom. The Balaban J connectivity index is 2.34. The lowest BCUT2D eigenvalue weighted by Crippen LogP contribution is -2.21. The first-order valence-electron chi connectivity index (χ1n) is 5.50. The van der Waals surface area contributed by atoms with Crippen molar-refractivity contribution in [1.82, 2.24) is 0 Å². The fraction of sp³-hybridized carbons (Fsp3) is 0.500. The molecule has 0 spiro atoms. The van der Waals surface area contributed by atoms with Gasteiger partial charge in [0.1, 0.15) is 11.6 Å². The summed E-state index contributed by atoms with van der Waals surface area (Å²) in [6.45, 7) is 0. The lowest BCUT2D eigenvalue weighted by Gasteiger charge is -2.21. The molecule has 1 aliphatic carbocycles. The maximum Gasteiger partial charge on any atom is 0.142 e. The summed E-state index contributed by atoms with van der Waals surface area (Å²) in [7, 11) is 0. The summed E-state index contributed by atoms with van der Waals surface area (Å²) in [6.07, 6.45) is 4.14. The van der Waals surface area contributed by atoms with Crippen molar-refractivity contribution in [2.24, 2.45) is 11.7 Å². The fourth-order valence-electron chi connectivity index (χ4n) is 2.40. The Kier molecular flexibility index (Phi) is 3.45. The van der Waals surface area contributed by atoms with E-state index in [0.29, 0.717) is 0 Å². The van der Waals surface area contributed by atoms with E-state index in [1.54, 1.807) is 0 Å². The van der Waals surface area contributed by atoms with Crippen LogP contribution in [0.15, 0.2) is 12.1 Å². The van der Waals surface area contributed by atoms with Gasteiger partial charge in [-0.3, -0.25) is 0 Å². The molecule has 1 fully saturated rings. The van der Waals surface area contributed by atoms with E-state index in [0.717, 1.165) is 37.8 Å². The zero-order valence-electron chi connectivity index (χ0n) is 8.85. The smallest absolute Gasteiger partial charge is 0.142 e. The van der Waals surface area contributed by atoms with E-state index in [-0.39, 0.29) is 16.5 Å². The van der Waals surface area contributed by atoms with Gasteiger partial charge in [0, 0.05) is 11.6 Å². The van der Waals surface area contributed by atoms with Crippen LogP contribution in [0.25, 0.3) is 0 Å². The standard InChI is InChI=1S/C12H14ClF2N/c13-11-9(15)6-5-8(14)10(11)12(16)7-3-1-2-4-7/h5-7,12H,1-4,16H2/t12-/m1/s1. The van der Waals surface area contributed by atoms with Gasteiger partial charge in [-0.2, -0.15) is 0 Å². The molecule has 2 rings (SSSR count). The van der Waals surface area contributed by atoms with Gasteiger partial charge in [0.05, 0.1) is 5.02 Å². The van der Waals surface area contributed by atoms with Gasteiger partial charge in [0.2, 0.25) is 0 Å². The third kappa shape index (κ3) is 2.06. The van der Waals surface area contributed by atoms with Crippen molar-refractivity contribution in [2.75, 3.05) is 0 Å². The molecule has 0 saturated heterocycles. The number of halogens is 3. The van der Waals surface area contributed by atoms with Gasteiger partial charge in [0.25, 0.3) is 0 Å². The maximum absolute atomic E-state index is 13.6. The van der Waals surface area contributed by atoms with E-state index < -0.39 is 17.7 Å². The van der Waals surface area contributed by atoms with Crippen LogP contribution in [0.1, 0.15) is 37.3 Å². The molecular weight excluding hydrogens is 232 g/mol. The first kappa shape index (κ1) is 11.8. The van der Waals surface area contributed by atoms with E-state index in [1.807, 2.05) is 0 Å². The molecule has 0 aliphatic heterocycles. The van der Waals surface area contributed by atoms with Crippen molar-refractivity contribution in [3.8, 4) is 0 Å². The van der Waals surface area contributed by atoms with E-state index >= 15 is 0 Å². The molecule has 1 aromatic carbocycles. The van der Waals surface area contributed by atoms with E-state index in [9.17, 15) is 8.78 Å². The van der Waals surface area contributed by atoms with Crippen LogP contribution in [0.4, 0.5) is 8.78 Å². The molecule has 1 aromatic rings. The van der Waals surface area contributed by atoms with Crippen molar-refractivity contribution in [2.45, 2.75) is 31.7 Å². The molecule has 0 aromatic heterocycles. The monoisotopic (exact) mass is 245 g/mol. The second-order valence-electron chi connectivity index (χ2n) is 4.33. The molecule has 1 saturated carbocycles. The topological polar surface area (TPSA) is 26.0 Å². The van der Waals surface area contributed by atoms with Crippen molar-refractivity contribution in [3.63, 3.8) is 0 Å². The minimum atomic E-state index is -0.605. The van der Waals surface area contributed by atoms with Crippen LogP contribution in [0.3, 0.4) is 0 Å². The minimum Gasteiger partial charge on any atom is -0.324 e. The zero-order valence-corrected chi connectivity index (χ0v) is 9.61. The Hall–Kier alpha value is -0.670. The molecule has 1 atom stereocenters. The van der Waals surface area contributed by atoms with Crippen molar-refractivity contribution in [3.05, 3.63) is 34.4 Å². The molecule has 2 N–H and O–H groups in total. The summed E-state index contributed by atoms with van der Waals surface area (Å²) in [5.41, 5.74) is 6.11. The quantitative estimate of drug-likeness (QED) is 0.788. The highest BCUT2D eigenvalue weighted by molar-refractivity contribution is 6.31. The van der Waals surface area contributed by atoms with Gasteiger partial charge in [-0.25, -0.2) is 8.78 Å². The molecule has 88 valence electrons. The third-order valence-corrected chi connectivity index (χ3v) is 3.70. The van der Waals surface area contributed by atoms with Crippen LogP contribution < -0.4 is 5.73 Å². The lowest BCUT2D eigenvalue weighted by atomic mass is 9.92. The number of benzene rings is 1. The van der Waals surface area contributed by atoms with Crippen LogP contribution >= 0.6 is 11.6 Å². The van der Waals surface area contributed by atoms with Crippen molar-refractivity contribution >= 4 is 11.6 Å². The molecule has 4 heteroatoms. The van der Waals surface area contributed by atoms with Gasteiger partial charge >= 0.3 is 0 Å². The van der Waals surface area contributed by atoms with Gasteiger partial charge < -0.3 is 5.73 Å². The average molecular weight is 246 g/mol. The van der Waals surface area contributed by atoms with E-state index in [1.165, 1.54) is 0 Å². The molecule has 0 bridgehead atoms. The summed E-state index contributed by atoms with van der Waals surface area (Å²) >= 11 is 5.78. The van der Waals surface area contributed by atoms with Gasteiger partial charge in [0.15, 0.2) is 0 Å². The third-order valence-electron chi connectivity index (χ3n) is 3.32. The van der Waals surface area contributed by atoms with E-state index in [2.05, 4.69) is 0 Å². The predicted molar refractivity (Wildman–Crippen MR) is 60.3 cm³/mol. The first-order valence-corrected chi connectivity index (χ1v) is 5.88. The number of hydrogen-bond donors (Lipinski definition) is 1. The van der Waals surface area contributed by atoms with Crippen LogP contribution in [0.2, 0.25) is 5.02 Å². The fourth-order valence-corrected chi connectivity index (χ4v) is 2.68. The highest BCUT2D eigenvalue weighted by Gasteiger charge is 2.28. The molecule has 0 amide bonds. The molecule has 0 unspecified atom stereocenters. The predicted octanol–water partition coefficient (Wildman–Crippen LogP) is 3.81. The SMILES string of the molecule is N[C@@H](c1c(F)ccc(F)c1Cl)C1CCCC1. The molecule has 1 nitrogen and oxygen atoms in total. The first-order chi connectivity index (χ1) is 7.61. The van der Waals surface area contributed by atoms with Crippen molar-refractivity contribution in [1.29, 1.82) is 0 Å². The zero-order chi connectivity index (χ0) is 11.7. The normalized spacial score (nSPS) is 19.0. The Morgan fingerprint density at radius 2 is 1.75 bits per heavy atom. The van der Waals surface area contributed by atoms with Crippen LogP contribution in [0, 0.1) is 17.6 Å². The average Bonchev–Trinajstić information content (AvgIpc) is 2.77. The number of hydrogen-bond acceptors (Lipinski definition) is 1. The van der Waals surface area contributed by atoms with E-state index in [4.69, 9.17) is 17.3 Å². The van der Waals surface area contributed by atoms with Gasteiger partial charge in [-0.15, -0.1) is 0 Å². The lowest BCUT2D eigenvalue weighted by molar-refractivity contribution is 0.426. The molecule has 0 heterocycles. The van der Waals surface area contributed by atoms with Crippen molar-refractivity contribution < 1.29 is 8.78 Å². The molecule has 1 aliphatic rings. The summed E-state index contributed by atoms with van der Waals surface area (Å²) in [5, 5.41) is -0.167. The minimum absolute atomic E-state index is 0.133. The second-order valence-corrected chi connectivity index (χ2v) is 4.71. The summed E-state index contributed by atoms with van der Waals surface area (Å²) < 4.78 is 26.9. The van der Waals surface area contributed by atoms with Crippen LogP contribution in [-0.4, -0.2) is 0 Å². The molecular formula is C12H14ClF2N. The Labute approximate surface area is 98.6 Å². The summed E-state index contributed by atoms with van der Waals surface area (Å²) in [6, 6.07) is 1.62. The van der Waals surface area contributed by atoms with Gasteiger partial charge in [-0.1, -0.05) is 24.4 Å². The highest BCUT2D eigenvalue weighted by atomic mass is 35.5.